The second-order valence-electron chi connectivity index (χ2n) is 6.19. The lowest BCUT2D eigenvalue weighted by Crippen LogP contribution is -2.53. The average Bonchev–Trinajstić information content (AvgIpc) is 2.64. The van der Waals surface area contributed by atoms with Gasteiger partial charge >= 0.3 is 0 Å². The van der Waals surface area contributed by atoms with Crippen LogP contribution in [0.15, 0.2) is 6.07 Å². The number of β-amino-alcohol motifs (C(OH)–C–C–N with tert-alkyl or cyclic N) is 1. The van der Waals surface area contributed by atoms with E-state index in [-0.39, 0.29) is 11.8 Å². The summed E-state index contributed by atoms with van der Waals surface area (Å²) in [5.74, 6) is -0.147. The van der Waals surface area contributed by atoms with Gasteiger partial charge in [0, 0.05) is 18.5 Å². The third-order valence-corrected chi connectivity index (χ3v) is 4.32. The highest BCUT2D eigenvalue weighted by atomic mass is 32.1. The monoisotopic (exact) mass is 296 g/mol. The number of anilines is 1. The molecule has 1 fully saturated rings. The Morgan fingerprint density at radius 2 is 2.00 bits per heavy atom. The van der Waals surface area contributed by atoms with Gasteiger partial charge in [-0.25, -0.2) is 0 Å². The molecule has 1 aliphatic heterocycles. The van der Waals surface area contributed by atoms with Crippen molar-refractivity contribution in [2.45, 2.75) is 33.8 Å². The zero-order valence-corrected chi connectivity index (χ0v) is 13.0. The SMILES string of the molecule is Cc1cc(NC(=O)C(C)(C)C)sc1C(=O)N1CC(O)C1. The van der Waals surface area contributed by atoms with E-state index in [4.69, 9.17) is 0 Å². The molecule has 110 valence electrons. The Bertz CT molecular complexity index is 539. The highest BCUT2D eigenvalue weighted by Crippen LogP contribution is 2.30. The smallest absolute Gasteiger partial charge is 0.264 e. The van der Waals surface area contributed by atoms with E-state index in [0.717, 1.165) is 5.56 Å². The number of likely N-dealkylation sites (tertiary alicyclic amines) is 1. The molecule has 6 heteroatoms. The molecule has 1 aromatic heterocycles. The summed E-state index contributed by atoms with van der Waals surface area (Å²) in [4.78, 5) is 26.4. The molecule has 0 atom stereocenters. The summed E-state index contributed by atoms with van der Waals surface area (Å²) in [6.45, 7) is 8.16. The van der Waals surface area contributed by atoms with Crippen molar-refractivity contribution in [3.05, 3.63) is 16.5 Å². The minimum absolute atomic E-state index is 0.0721. The quantitative estimate of drug-likeness (QED) is 0.875. The van der Waals surface area contributed by atoms with E-state index in [1.807, 2.05) is 33.8 Å². The number of carbonyl (C=O) groups excluding carboxylic acids is 2. The van der Waals surface area contributed by atoms with Crippen LogP contribution in [0.4, 0.5) is 5.00 Å². The number of carbonyl (C=O) groups is 2. The molecule has 5 nitrogen and oxygen atoms in total. The number of hydrogen-bond donors (Lipinski definition) is 2. The van der Waals surface area contributed by atoms with Crippen LogP contribution >= 0.6 is 11.3 Å². The normalized spacial score (nSPS) is 15.9. The van der Waals surface area contributed by atoms with Crippen molar-refractivity contribution in [3.8, 4) is 0 Å². The summed E-state index contributed by atoms with van der Waals surface area (Å²) in [6, 6.07) is 1.82. The Labute approximate surface area is 122 Å². The number of aryl methyl sites for hydroxylation is 1. The summed E-state index contributed by atoms with van der Waals surface area (Å²) < 4.78 is 0. The molecule has 1 saturated heterocycles. The molecular formula is C14H20N2O3S. The molecule has 1 aromatic rings. The van der Waals surface area contributed by atoms with Gasteiger partial charge in [0.25, 0.3) is 5.91 Å². The van der Waals surface area contributed by atoms with Crippen molar-refractivity contribution < 1.29 is 14.7 Å². The maximum Gasteiger partial charge on any atom is 0.264 e. The van der Waals surface area contributed by atoms with Gasteiger partial charge in [0.1, 0.15) is 0 Å². The molecule has 0 unspecified atom stereocenters. The predicted octanol–water partition coefficient (Wildman–Crippen LogP) is 1.86. The van der Waals surface area contributed by atoms with Crippen LogP contribution in [-0.2, 0) is 4.79 Å². The minimum atomic E-state index is -0.469. The topological polar surface area (TPSA) is 69.6 Å². The first kappa shape index (κ1) is 15.0. The largest absolute Gasteiger partial charge is 0.389 e. The Kier molecular flexibility index (Phi) is 3.88. The van der Waals surface area contributed by atoms with Gasteiger partial charge in [0.15, 0.2) is 0 Å². The van der Waals surface area contributed by atoms with Crippen LogP contribution in [0, 0.1) is 12.3 Å². The molecule has 0 bridgehead atoms. The first-order chi connectivity index (χ1) is 9.18. The number of nitrogens with zero attached hydrogens (tertiary/aromatic N) is 1. The Morgan fingerprint density at radius 1 is 1.40 bits per heavy atom. The highest BCUT2D eigenvalue weighted by molar-refractivity contribution is 7.18. The molecule has 0 aliphatic carbocycles. The van der Waals surface area contributed by atoms with Crippen LogP contribution in [0.25, 0.3) is 0 Å². The maximum absolute atomic E-state index is 12.2. The Balaban J connectivity index is 2.10. The van der Waals surface area contributed by atoms with Gasteiger partial charge < -0.3 is 15.3 Å². The van der Waals surface area contributed by atoms with Crippen molar-refractivity contribution in [2.24, 2.45) is 5.41 Å². The zero-order chi connectivity index (χ0) is 15.1. The van der Waals surface area contributed by atoms with Crippen LogP contribution in [0.2, 0.25) is 0 Å². The molecular weight excluding hydrogens is 276 g/mol. The summed E-state index contributed by atoms with van der Waals surface area (Å²) in [5, 5.41) is 12.8. The molecule has 0 radical (unpaired) electrons. The standard InChI is InChI=1S/C14H20N2O3S/c1-8-5-10(15-13(19)14(2,3)4)20-11(8)12(18)16-6-9(17)7-16/h5,9,17H,6-7H2,1-4H3,(H,15,19). The molecule has 2 amide bonds. The fourth-order valence-corrected chi connectivity index (χ4v) is 2.86. The van der Waals surface area contributed by atoms with Crippen LogP contribution in [0.1, 0.15) is 36.0 Å². The molecule has 2 rings (SSSR count). The second-order valence-corrected chi connectivity index (χ2v) is 7.24. The fraction of sp³-hybridized carbons (Fsp3) is 0.571. The van der Waals surface area contributed by atoms with E-state index >= 15 is 0 Å². The van der Waals surface area contributed by atoms with E-state index in [1.165, 1.54) is 11.3 Å². The van der Waals surface area contributed by atoms with Crippen LogP contribution in [-0.4, -0.2) is 41.0 Å². The minimum Gasteiger partial charge on any atom is -0.389 e. The van der Waals surface area contributed by atoms with Crippen LogP contribution in [0.3, 0.4) is 0 Å². The predicted molar refractivity (Wildman–Crippen MR) is 79.1 cm³/mol. The van der Waals surface area contributed by atoms with Crippen LogP contribution < -0.4 is 5.32 Å². The number of aliphatic hydroxyl groups is 1. The molecule has 1 aliphatic rings. The van der Waals surface area contributed by atoms with Gasteiger partial charge in [-0.1, -0.05) is 20.8 Å². The maximum atomic E-state index is 12.2. The average molecular weight is 296 g/mol. The Morgan fingerprint density at radius 3 is 2.50 bits per heavy atom. The first-order valence-electron chi connectivity index (χ1n) is 6.57. The van der Waals surface area contributed by atoms with Gasteiger partial charge in [-0.2, -0.15) is 0 Å². The second kappa shape index (κ2) is 5.18. The summed E-state index contributed by atoms with van der Waals surface area (Å²) in [6.07, 6.45) is -0.403. The molecule has 2 heterocycles. The number of hydrogen-bond acceptors (Lipinski definition) is 4. The number of rotatable bonds is 2. The van der Waals surface area contributed by atoms with E-state index in [9.17, 15) is 14.7 Å². The zero-order valence-electron chi connectivity index (χ0n) is 12.2. The van der Waals surface area contributed by atoms with Crippen molar-refractivity contribution in [1.82, 2.24) is 4.90 Å². The van der Waals surface area contributed by atoms with Gasteiger partial charge in [-0.3, -0.25) is 9.59 Å². The Hall–Kier alpha value is -1.40. The van der Waals surface area contributed by atoms with Crippen LogP contribution in [0.5, 0.6) is 0 Å². The lowest BCUT2D eigenvalue weighted by atomic mass is 9.96. The summed E-state index contributed by atoms with van der Waals surface area (Å²) >= 11 is 1.29. The van der Waals surface area contributed by atoms with E-state index < -0.39 is 11.5 Å². The number of aliphatic hydroxyl groups excluding tert-OH is 1. The molecule has 2 N–H and O–H groups in total. The van der Waals surface area contributed by atoms with Gasteiger partial charge in [0.2, 0.25) is 5.91 Å². The van der Waals surface area contributed by atoms with E-state index in [0.29, 0.717) is 23.0 Å². The van der Waals surface area contributed by atoms with Crippen molar-refractivity contribution >= 4 is 28.2 Å². The molecule has 0 spiro atoms. The lowest BCUT2D eigenvalue weighted by molar-refractivity contribution is -0.123. The van der Waals surface area contributed by atoms with E-state index in [2.05, 4.69) is 5.32 Å². The number of amides is 2. The summed E-state index contributed by atoms with van der Waals surface area (Å²) in [5.41, 5.74) is 0.384. The molecule has 0 saturated carbocycles. The van der Waals surface area contributed by atoms with Crippen molar-refractivity contribution in [2.75, 3.05) is 18.4 Å². The number of thiophene rings is 1. The van der Waals surface area contributed by atoms with Crippen molar-refractivity contribution in [3.63, 3.8) is 0 Å². The molecule has 20 heavy (non-hydrogen) atoms. The van der Waals surface area contributed by atoms with E-state index in [1.54, 1.807) is 4.90 Å². The third kappa shape index (κ3) is 3.02. The number of nitrogens with one attached hydrogen (secondary N) is 1. The highest BCUT2D eigenvalue weighted by Gasteiger charge is 2.31. The summed E-state index contributed by atoms with van der Waals surface area (Å²) in [7, 11) is 0. The first-order valence-corrected chi connectivity index (χ1v) is 7.39. The van der Waals surface area contributed by atoms with Gasteiger partial charge in [-0.05, 0) is 18.6 Å². The van der Waals surface area contributed by atoms with Crippen molar-refractivity contribution in [1.29, 1.82) is 0 Å². The van der Waals surface area contributed by atoms with Gasteiger partial charge in [0.05, 0.1) is 16.0 Å². The lowest BCUT2D eigenvalue weighted by Gasteiger charge is -2.35. The van der Waals surface area contributed by atoms with Gasteiger partial charge in [-0.15, -0.1) is 11.3 Å². The molecule has 0 aromatic carbocycles. The fourth-order valence-electron chi connectivity index (χ4n) is 1.82. The third-order valence-electron chi connectivity index (χ3n) is 3.18.